The van der Waals surface area contributed by atoms with E-state index in [1.165, 1.54) is 0 Å². The van der Waals surface area contributed by atoms with Crippen molar-refractivity contribution in [1.29, 1.82) is 5.26 Å². The second-order valence-corrected chi connectivity index (χ2v) is 3.50. The number of nitrogens with two attached hydrogens (primary N) is 1. The fraction of sp³-hybridized carbons (Fsp3) is 0.600. The first-order chi connectivity index (χ1) is 6.24. The first-order valence-corrected chi connectivity index (χ1v) is 4.54. The topological polar surface area (TPSA) is 66.9 Å². The Balaban J connectivity index is 2.54. The van der Waals surface area contributed by atoms with Crippen molar-refractivity contribution >= 4 is 5.91 Å². The average Bonchev–Trinajstić information content (AvgIpc) is 2.08. The van der Waals surface area contributed by atoms with Gasteiger partial charge in [0, 0.05) is 12.8 Å². The molecule has 0 fully saturated rings. The van der Waals surface area contributed by atoms with Crippen LogP contribution in [0.3, 0.4) is 0 Å². The molecule has 70 valence electrons. The number of allylic oxidation sites excluding steroid dienone is 2. The number of carbonyl (C=O) groups is 1. The molecule has 0 aromatic carbocycles. The molecule has 0 heterocycles. The van der Waals surface area contributed by atoms with Crippen LogP contribution in [0, 0.1) is 23.2 Å². The van der Waals surface area contributed by atoms with Gasteiger partial charge < -0.3 is 5.73 Å². The lowest BCUT2D eigenvalue weighted by molar-refractivity contribution is -0.119. The monoisotopic (exact) mass is 178 g/mol. The van der Waals surface area contributed by atoms with Crippen LogP contribution in [-0.4, -0.2) is 5.91 Å². The van der Waals surface area contributed by atoms with Gasteiger partial charge in [-0.2, -0.15) is 5.26 Å². The summed E-state index contributed by atoms with van der Waals surface area (Å²) in [4.78, 5) is 10.7. The molecule has 0 spiro atoms. The van der Waals surface area contributed by atoms with Crippen molar-refractivity contribution in [3.63, 3.8) is 0 Å². The van der Waals surface area contributed by atoms with E-state index in [-0.39, 0.29) is 11.8 Å². The predicted molar refractivity (Wildman–Crippen MR) is 49.4 cm³/mol. The Labute approximate surface area is 78.2 Å². The van der Waals surface area contributed by atoms with E-state index in [1.54, 1.807) is 0 Å². The zero-order chi connectivity index (χ0) is 9.68. The summed E-state index contributed by atoms with van der Waals surface area (Å²) in [5.41, 5.74) is 5.14. The van der Waals surface area contributed by atoms with Crippen LogP contribution in [-0.2, 0) is 4.79 Å². The van der Waals surface area contributed by atoms with Crippen molar-refractivity contribution in [1.82, 2.24) is 0 Å². The zero-order valence-corrected chi connectivity index (χ0v) is 7.57. The summed E-state index contributed by atoms with van der Waals surface area (Å²) >= 11 is 0. The van der Waals surface area contributed by atoms with Gasteiger partial charge in [0.2, 0.25) is 5.91 Å². The molecular formula is C10H14N2O. The second-order valence-electron chi connectivity index (χ2n) is 3.50. The number of nitrogens with zero attached hydrogens (tertiary/aromatic N) is 1. The van der Waals surface area contributed by atoms with Crippen molar-refractivity contribution in [2.75, 3.05) is 0 Å². The lowest BCUT2D eigenvalue weighted by Gasteiger charge is -2.25. The third-order valence-corrected chi connectivity index (χ3v) is 2.53. The Kier molecular flexibility index (Phi) is 3.51. The molecular weight excluding hydrogens is 164 g/mol. The molecule has 13 heavy (non-hydrogen) atoms. The van der Waals surface area contributed by atoms with E-state index in [2.05, 4.69) is 18.2 Å². The first kappa shape index (κ1) is 9.79. The number of carbonyl (C=O) groups excluding carboxylic acids is 1. The number of hydrogen-bond donors (Lipinski definition) is 1. The summed E-state index contributed by atoms with van der Waals surface area (Å²) in [5.74, 6) is 0.341. The predicted octanol–water partition coefficient (Wildman–Crippen LogP) is 1.36. The molecule has 2 atom stereocenters. The van der Waals surface area contributed by atoms with E-state index in [4.69, 9.17) is 11.0 Å². The third-order valence-electron chi connectivity index (χ3n) is 2.53. The SMILES string of the molecule is N#CC[C@@H]1CC=CC[C@@H]1CC(N)=O. The van der Waals surface area contributed by atoms with Crippen molar-refractivity contribution in [3.05, 3.63) is 12.2 Å². The van der Waals surface area contributed by atoms with Gasteiger partial charge >= 0.3 is 0 Å². The largest absolute Gasteiger partial charge is 0.370 e. The molecule has 0 saturated heterocycles. The van der Waals surface area contributed by atoms with Crippen LogP contribution in [0.4, 0.5) is 0 Å². The second kappa shape index (κ2) is 4.66. The maximum Gasteiger partial charge on any atom is 0.217 e. The quantitative estimate of drug-likeness (QED) is 0.663. The van der Waals surface area contributed by atoms with Crippen molar-refractivity contribution in [2.45, 2.75) is 25.7 Å². The average molecular weight is 178 g/mol. The lowest BCUT2D eigenvalue weighted by Crippen LogP contribution is -2.23. The molecule has 3 heteroatoms. The summed E-state index contributed by atoms with van der Waals surface area (Å²) in [6.07, 6.45) is 6.89. The zero-order valence-electron chi connectivity index (χ0n) is 7.57. The Bertz CT molecular complexity index is 252. The van der Waals surface area contributed by atoms with Gasteiger partial charge in [-0.1, -0.05) is 12.2 Å². The van der Waals surface area contributed by atoms with Gasteiger partial charge in [-0.25, -0.2) is 0 Å². The summed E-state index contributed by atoms with van der Waals surface area (Å²) in [6, 6.07) is 2.15. The van der Waals surface area contributed by atoms with E-state index in [9.17, 15) is 4.79 Å². The highest BCUT2D eigenvalue weighted by Gasteiger charge is 2.23. The van der Waals surface area contributed by atoms with Crippen LogP contribution in [0.2, 0.25) is 0 Å². The van der Waals surface area contributed by atoms with Gasteiger partial charge in [0.1, 0.15) is 0 Å². The molecule has 3 nitrogen and oxygen atoms in total. The fourth-order valence-electron chi connectivity index (χ4n) is 1.80. The van der Waals surface area contributed by atoms with Crippen molar-refractivity contribution in [2.24, 2.45) is 17.6 Å². The molecule has 0 bridgehead atoms. The van der Waals surface area contributed by atoms with Gasteiger partial charge in [-0.15, -0.1) is 0 Å². The Morgan fingerprint density at radius 1 is 1.46 bits per heavy atom. The van der Waals surface area contributed by atoms with Gasteiger partial charge in [0.25, 0.3) is 0 Å². The summed E-state index contributed by atoms with van der Waals surface area (Å²) in [5, 5.41) is 8.58. The van der Waals surface area contributed by atoms with E-state index >= 15 is 0 Å². The van der Waals surface area contributed by atoms with Crippen LogP contribution in [0.25, 0.3) is 0 Å². The van der Waals surface area contributed by atoms with Gasteiger partial charge in [-0.05, 0) is 24.7 Å². The summed E-state index contributed by atoms with van der Waals surface area (Å²) < 4.78 is 0. The van der Waals surface area contributed by atoms with Gasteiger partial charge in [-0.3, -0.25) is 4.79 Å². The molecule has 0 aromatic heterocycles. The smallest absolute Gasteiger partial charge is 0.217 e. The molecule has 0 saturated carbocycles. The highest BCUT2D eigenvalue weighted by Crippen LogP contribution is 2.30. The maximum atomic E-state index is 10.7. The number of amides is 1. The Morgan fingerprint density at radius 3 is 2.62 bits per heavy atom. The lowest BCUT2D eigenvalue weighted by atomic mass is 9.79. The maximum absolute atomic E-state index is 10.7. The first-order valence-electron chi connectivity index (χ1n) is 4.54. The minimum atomic E-state index is -0.261. The van der Waals surface area contributed by atoms with E-state index < -0.39 is 0 Å². The molecule has 1 rings (SSSR count). The fourth-order valence-corrected chi connectivity index (χ4v) is 1.80. The Hall–Kier alpha value is -1.30. The number of nitriles is 1. The van der Waals surface area contributed by atoms with E-state index in [0.717, 1.165) is 12.8 Å². The Morgan fingerprint density at radius 2 is 2.08 bits per heavy atom. The standard InChI is InChI=1S/C10H14N2O/c11-6-5-8-3-1-2-4-9(8)7-10(12)13/h1-2,8-9H,3-5,7H2,(H2,12,13)/t8-,9+/m0/s1. The van der Waals surface area contributed by atoms with Crippen LogP contribution in [0.1, 0.15) is 25.7 Å². The highest BCUT2D eigenvalue weighted by atomic mass is 16.1. The number of hydrogen-bond acceptors (Lipinski definition) is 2. The number of primary amides is 1. The van der Waals surface area contributed by atoms with Gasteiger partial charge in [0.05, 0.1) is 6.07 Å². The van der Waals surface area contributed by atoms with Crippen LogP contribution < -0.4 is 5.73 Å². The molecule has 1 aliphatic carbocycles. The van der Waals surface area contributed by atoms with E-state index in [0.29, 0.717) is 18.8 Å². The summed E-state index contributed by atoms with van der Waals surface area (Å²) in [6.45, 7) is 0. The van der Waals surface area contributed by atoms with Crippen molar-refractivity contribution in [3.8, 4) is 6.07 Å². The van der Waals surface area contributed by atoms with Crippen LogP contribution in [0.15, 0.2) is 12.2 Å². The molecule has 1 amide bonds. The minimum Gasteiger partial charge on any atom is -0.370 e. The van der Waals surface area contributed by atoms with Crippen LogP contribution >= 0.6 is 0 Å². The third kappa shape index (κ3) is 2.90. The van der Waals surface area contributed by atoms with Gasteiger partial charge in [0.15, 0.2) is 0 Å². The van der Waals surface area contributed by atoms with Crippen LogP contribution in [0.5, 0.6) is 0 Å². The molecule has 0 unspecified atom stereocenters. The normalized spacial score (nSPS) is 26.7. The van der Waals surface area contributed by atoms with Crippen molar-refractivity contribution < 1.29 is 4.79 Å². The molecule has 2 N–H and O–H groups in total. The molecule has 1 aliphatic rings. The molecule has 0 aromatic rings. The molecule has 0 radical (unpaired) electrons. The molecule has 0 aliphatic heterocycles. The van der Waals surface area contributed by atoms with E-state index in [1.807, 2.05) is 0 Å². The highest BCUT2D eigenvalue weighted by molar-refractivity contribution is 5.74. The minimum absolute atomic E-state index is 0.261. The number of rotatable bonds is 3. The summed E-state index contributed by atoms with van der Waals surface area (Å²) in [7, 11) is 0.